The van der Waals surface area contributed by atoms with Crippen LogP contribution in [0.2, 0.25) is 0 Å². The number of para-hydroxylation sites is 1. The molecule has 56 heavy (non-hydrogen) atoms. The van der Waals surface area contributed by atoms with Gasteiger partial charge in [0, 0.05) is 27.5 Å². The second kappa shape index (κ2) is 11.8. The highest BCUT2D eigenvalue weighted by atomic mass is 16.3. The molecule has 10 aromatic rings. The van der Waals surface area contributed by atoms with E-state index in [1.54, 1.807) is 0 Å². The van der Waals surface area contributed by atoms with Gasteiger partial charge in [0.1, 0.15) is 11.2 Å². The van der Waals surface area contributed by atoms with Gasteiger partial charge in [0.15, 0.2) is 5.82 Å². The molecule has 0 radical (unpaired) electrons. The first-order valence-electron chi connectivity index (χ1n) is 19.2. The van der Waals surface area contributed by atoms with Crippen molar-refractivity contribution in [2.75, 3.05) is 0 Å². The van der Waals surface area contributed by atoms with E-state index in [1.807, 2.05) is 30.3 Å². The number of hydrogen-bond acceptors (Lipinski definition) is 3. The predicted octanol–water partition coefficient (Wildman–Crippen LogP) is 13.4. The van der Waals surface area contributed by atoms with Gasteiger partial charge in [-0.25, -0.2) is 9.97 Å². The maximum atomic E-state index is 6.32. The monoisotopic (exact) mass is 712 g/mol. The summed E-state index contributed by atoms with van der Waals surface area (Å²) in [5, 5.41) is 2.21. The third kappa shape index (κ3) is 4.34. The standard InChI is InChI=1S/C53H32N2O/c1-2-14-33(15-3-1)52-54-48(32-49(55-52)35-26-28-42-41-21-9-13-25-50(41)56-51(42)31-35)34-27-29-47-43(30-34)40-20-8-12-24-46(40)53(47)44-22-10-6-18-38(44)36-16-4-5-17-37(36)39-19-7-11-23-45(39)53/h1-32H. The third-order valence-corrected chi connectivity index (χ3v) is 11.9. The fourth-order valence-corrected chi connectivity index (χ4v) is 9.56. The molecule has 0 N–H and O–H groups in total. The van der Waals surface area contributed by atoms with Crippen molar-refractivity contribution in [1.82, 2.24) is 9.97 Å². The van der Waals surface area contributed by atoms with Gasteiger partial charge < -0.3 is 4.42 Å². The molecule has 3 nitrogen and oxygen atoms in total. The smallest absolute Gasteiger partial charge is 0.160 e. The summed E-state index contributed by atoms with van der Waals surface area (Å²) < 4.78 is 6.32. The Morgan fingerprint density at radius 1 is 0.321 bits per heavy atom. The van der Waals surface area contributed by atoms with Crippen LogP contribution in [0.25, 0.3) is 89.2 Å². The van der Waals surface area contributed by atoms with Crippen LogP contribution in [0.5, 0.6) is 0 Å². The summed E-state index contributed by atoms with van der Waals surface area (Å²) in [5.41, 5.74) is 18.6. The van der Waals surface area contributed by atoms with Gasteiger partial charge >= 0.3 is 0 Å². The molecule has 0 bridgehead atoms. The summed E-state index contributed by atoms with van der Waals surface area (Å²) in [6, 6.07) is 69.8. The van der Waals surface area contributed by atoms with Crippen molar-refractivity contribution >= 4 is 21.9 Å². The average molecular weight is 713 g/mol. The van der Waals surface area contributed by atoms with E-state index >= 15 is 0 Å². The quantitative estimate of drug-likeness (QED) is 0.183. The molecule has 0 atom stereocenters. The Labute approximate surface area is 324 Å². The van der Waals surface area contributed by atoms with Crippen LogP contribution in [-0.4, -0.2) is 9.97 Å². The molecule has 0 amide bonds. The molecule has 2 aliphatic carbocycles. The molecular weight excluding hydrogens is 681 g/mol. The lowest BCUT2D eigenvalue weighted by atomic mass is 9.66. The van der Waals surface area contributed by atoms with E-state index in [4.69, 9.17) is 14.4 Å². The minimum atomic E-state index is -0.523. The van der Waals surface area contributed by atoms with Crippen LogP contribution < -0.4 is 0 Å². The van der Waals surface area contributed by atoms with Crippen molar-refractivity contribution < 1.29 is 4.42 Å². The highest BCUT2D eigenvalue weighted by molar-refractivity contribution is 6.06. The van der Waals surface area contributed by atoms with E-state index in [9.17, 15) is 0 Å². The number of benzene rings is 8. The lowest BCUT2D eigenvalue weighted by molar-refractivity contribution is 0.669. The second-order valence-corrected chi connectivity index (χ2v) is 14.8. The van der Waals surface area contributed by atoms with Crippen molar-refractivity contribution in [2.24, 2.45) is 0 Å². The minimum absolute atomic E-state index is 0.523. The van der Waals surface area contributed by atoms with Crippen LogP contribution in [-0.2, 0) is 5.41 Å². The minimum Gasteiger partial charge on any atom is -0.456 e. The van der Waals surface area contributed by atoms with Crippen LogP contribution in [0, 0.1) is 0 Å². The second-order valence-electron chi connectivity index (χ2n) is 14.8. The SMILES string of the molecule is c1ccc(-c2nc(-c3ccc4c(c3)-c3ccccc3C43c4ccccc4-c4ccccc4-c4ccccc43)cc(-c3ccc4c(c3)oc3ccccc34)n2)cc1. The summed E-state index contributed by atoms with van der Waals surface area (Å²) in [6.45, 7) is 0. The molecule has 260 valence electrons. The zero-order valence-corrected chi connectivity index (χ0v) is 30.3. The fraction of sp³-hybridized carbons (Fsp3) is 0.0189. The zero-order chi connectivity index (χ0) is 36.8. The number of furan rings is 1. The van der Waals surface area contributed by atoms with Crippen LogP contribution in [0.15, 0.2) is 199 Å². The van der Waals surface area contributed by atoms with Crippen molar-refractivity contribution in [3.05, 3.63) is 216 Å². The highest BCUT2D eigenvalue weighted by Crippen LogP contribution is 2.61. The van der Waals surface area contributed by atoms with Crippen LogP contribution in [0.1, 0.15) is 22.3 Å². The molecule has 2 aliphatic rings. The molecule has 0 fully saturated rings. The van der Waals surface area contributed by atoms with Crippen molar-refractivity contribution in [3.8, 4) is 67.3 Å². The van der Waals surface area contributed by atoms with E-state index in [0.717, 1.165) is 50.0 Å². The van der Waals surface area contributed by atoms with E-state index in [2.05, 4.69) is 164 Å². The average Bonchev–Trinajstić information content (AvgIpc) is 3.76. The molecule has 2 heterocycles. The molecular formula is C53H32N2O. The Morgan fingerprint density at radius 3 is 1.46 bits per heavy atom. The third-order valence-electron chi connectivity index (χ3n) is 11.9. The maximum Gasteiger partial charge on any atom is 0.160 e. The lowest BCUT2D eigenvalue weighted by Gasteiger charge is -2.35. The Morgan fingerprint density at radius 2 is 0.804 bits per heavy atom. The van der Waals surface area contributed by atoms with Gasteiger partial charge in [-0.05, 0) is 86.0 Å². The van der Waals surface area contributed by atoms with Gasteiger partial charge in [0.05, 0.1) is 16.8 Å². The Hall–Kier alpha value is -7.36. The first kappa shape index (κ1) is 31.0. The topological polar surface area (TPSA) is 38.9 Å². The molecule has 0 aliphatic heterocycles. The molecule has 8 aromatic carbocycles. The number of rotatable bonds is 3. The number of aromatic nitrogens is 2. The molecule has 0 saturated heterocycles. The zero-order valence-electron chi connectivity index (χ0n) is 30.3. The Balaban J connectivity index is 1.10. The maximum absolute atomic E-state index is 6.32. The van der Waals surface area contributed by atoms with Gasteiger partial charge in [0.25, 0.3) is 0 Å². The molecule has 1 spiro atoms. The van der Waals surface area contributed by atoms with Crippen LogP contribution in [0.3, 0.4) is 0 Å². The molecule has 3 heteroatoms. The Bertz CT molecular complexity index is 3140. The van der Waals surface area contributed by atoms with Gasteiger partial charge in [-0.1, -0.05) is 164 Å². The normalized spacial score (nSPS) is 13.1. The van der Waals surface area contributed by atoms with Gasteiger partial charge in [-0.2, -0.15) is 0 Å². The largest absolute Gasteiger partial charge is 0.456 e. The van der Waals surface area contributed by atoms with Gasteiger partial charge in [-0.15, -0.1) is 0 Å². The van der Waals surface area contributed by atoms with Gasteiger partial charge in [0.2, 0.25) is 0 Å². The summed E-state index contributed by atoms with van der Waals surface area (Å²) in [6.07, 6.45) is 0. The summed E-state index contributed by atoms with van der Waals surface area (Å²) in [5.74, 6) is 0.685. The molecule has 0 saturated carbocycles. The summed E-state index contributed by atoms with van der Waals surface area (Å²) in [4.78, 5) is 10.4. The van der Waals surface area contributed by atoms with E-state index in [1.165, 1.54) is 55.6 Å². The molecule has 12 rings (SSSR count). The van der Waals surface area contributed by atoms with Crippen LogP contribution >= 0.6 is 0 Å². The summed E-state index contributed by atoms with van der Waals surface area (Å²) in [7, 11) is 0. The van der Waals surface area contributed by atoms with E-state index in [-0.39, 0.29) is 0 Å². The summed E-state index contributed by atoms with van der Waals surface area (Å²) >= 11 is 0. The predicted molar refractivity (Wildman–Crippen MR) is 227 cm³/mol. The number of hydrogen-bond donors (Lipinski definition) is 0. The first-order valence-corrected chi connectivity index (χ1v) is 19.2. The van der Waals surface area contributed by atoms with E-state index in [0.29, 0.717) is 5.82 Å². The first-order chi connectivity index (χ1) is 27.8. The van der Waals surface area contributed by atoms with Crippen molar-refractivity contribution in [1.29, 1.82) is 0 Å². The fourth-order valence-electron chi connectivity index (χ4n) is 9.56. The van der Waals surface area contributed by atoms with Crippen molar-refractivity contribution in [2.45, 2.75) is 5.41 Å². The number of nitrogens with zero attached hydrogens (tertiary/aromatic N) is 2. The Kier molecular flexibility index (Phi) is 6.55. The molecule has 0 unspecified atom stereocenters. The lowest BCUT2D eigenvalue weighted by Crippen LogP contribution is -2.29. The number of fused-ring (bicyclic) bond motifs is 15. The van der Waals surface area contributed by atoms with Crippen LogP contribution in [0.4, 0.5) is 0 Å². The van der Waals surface area contributed by atoms with E-state index < -0.39 is 5.41 Å². The highest BCUT2D eigenvalue weighted by Gasteiger charge is 2.49. The van der Waals surface area contributed by atoms with Gasteiger partial charge in [-0.3, -0.25) is 0 Å². The molecule has 2 aromatic heterocycles. The van der Waals surface area contributed by atoms with Crippen molar-refractivity contribution in [3.63, 3.8) is 0 Å².